The minimum Gasteiger partial charge on any atom is -0.481 e. The Balaban J connectivity index is 1.58. The van der Waals surface area contributed by atoms with Crippen LogP contribution in [-0.2, 0) is 19.1 Å². The van der Waals surface area contributed by atoms with Crippen LogP contribution in [0.3, 0.4) is 0 Å². The molecule has 1 N–H and O–H groups in total. The number of carbonyl (C=O) groups is 3. The molecular formula is C35H54O5. The van der Waals surface area contributed by atoms with Gasteiger partial charge in [-0.2, -0.15) is 0 Å². The molecule has 40 heavy (non-hydrogen) atoms. The van der Waals surface area contributed by atoms with Crippen LogP contribution >= 0.6 is 0 Å². The molecule has 8 unspecified atom stereocenters. The van der Waals surface area contributed by atoms with Crippen LogP contribution in [0, 0.1) is 56.2 Å². The molecule has 0 aromatic rings. The summed E-state index contributed by atoms with van der Waals surface area (Å²) in [5.74, 6) is 0.237. The lowest BCUT2D eigenvalue weighted by Gasteiger charge is -2.70. The van der Waals surface area contributed by atoms with Crippen molar-refractivity contribution in [1.82, 2.24) is 0 Å². The Morgan fingerprint density at radius 2 is 1.65 bits per heavy atom. The van der Waals surface area contributed by atoms with Crippen LogP contribution in [0.2, 0.25) is 0 Å². The molecule has 0 aliphatic heterocycles. The lowest BCUT2D eigenvalue weighted by atomic mass is 9.33. The van der Waals surface area contributed by atoms with E-state index in [1.807, 2.05) is 13.8 Å². The van der Waals surface area contributed by atoms with E-state index in [0.29, 0.717) is 43.3 Å². The van der Waals surface area contributed by atoms with Crippen LogP contribution in [0.1, 0.15) is 127 Å². The van der Waals surface area contributed by atoms with Crippen molar-refractivity contribution in [1.29, 1.82) is 0 Å². The lowest BCUT2D eigenvalue weighted by Crippen LogP contribution is -2.66. The Morgan fingerprint density at radius 1 is 0.975 bits per heavy atom. The standard InChI is InChI=1S/C35H54O5/c1-21(2)18-28(37)40-27-20-30(3,4)19-23-22-10-11-25-32(7)14-13-26(36)31(5,6)24(32)12-15-34(25,9)33(22,8)16-17-35(23,27)29(38)39/h10,21,23-25,27H,11-20H2,1-9H3,(H,38,39). The Bertz CT molecular complexity index is 1130. The Labute approximate surface area is 242 Å². The largest absolute Gasteiger partial charge is 0.481 e. The van der Waals surface area contributed by atoms with Crippen LogP contribution in [-0.4, -0.2) is 28.9 Å². The van der Waals surface area contributed by atoms with Crippen molar-refractivity contribution in [2.24, 2.45) is 56.2 Å². The van der Waals surface area contributed by atoms with Gasteiger partial charge in [0.25, 0.3) is 0 Å². The zero-order valence-corrected chi connectivity index (χ0v) is 26.6. The first-order valence-electron chi connectivity index (χ1n) is 16.0. The summed E-state index contributed by atoms with van der Waals surface area (Å²) in [7, 11) is 0. The minimum atomic E-state index is -1.07. The molecule has 4 fully saturated rings. The van der Waals surface area contributed by atoms with Gasteiger partial charge in [-0.15, -0.1) is 0 Å². The maximum atomic E-state index is 13.4. The summed E-state index contributed by atoms with van der Waals surface area (Å²) in [6.07, 6.45) is 9.60. The van der Waals surface area contributed by atoms with E-state index in [1.165, 1.54) is 5.57 Å². The van der Waals surface area contributed by atoms with Crippen LogP contribution in [0.25, 0.3) is 0 Å². The van der Waals surface area contributed by atoms with Gasteiger partial charge in [-0.3, -0.25) is 14.4 Å². The maximum Gasteiger partial charge on any atom is 0.314 e. The van der Waals surface area contributed by atoms with Crippen molar-refractivity contribution in [3.63, 3.8) is 0 Å². The number of hydrogen-bond donors (Lipinski definition) is 1. The Morgan fingerprint density at radius 3 is 2.27 bits per heavy atom. The Kier molecular flexibility index (Phi) is 6.84. The van der Waals surface area contributed by atoms with Crippen molar-refractivity contribution in [3.05, 3.63) is 11.6 Å². The van der Waals surface area contributed by atoms with Crippen molar-refractivity contribution in [2.45, 2.75) is 133 Å². The van der Waals surface area contributed by atoms with E-state index in [-0.39, 0.29) is 44.9 Å². The maximum absolute atomic E-state index is 13.4. The highest BCUT2D eigenvalue weighted by molar-refractivity contribution is 5.85. The van der Waals surface area contributed by atoms with Crippen molar-refractivity contribution < 1.29 is 24.2 Å². The first kappa shape index (κ1) is 29.8. The highest BCUT2D eigenvalue weighted by Crippen LogP contribution is 2.75. The number of fused-ring (bicyclic) bond motifs is 7. The van der Waals surface area contributed by atoms with E-state index >= 15 is 0 Å². The van der Waals surface area contributed by atoms with E-state index in [9.17, 15) is 19.5 Å². The van der Waals surface area contributed by atoms with E-state index < -0.39 is 17.5 Å². The fraction of sp³-hybridized carbons (Fsp3) is 0.857. The number of rotatable bonds is 4. The third-order valence-electron chi connectivity index (χ3n) is 13.6. The molecule has 4 saturated carbocycles. The molecule has 224 valence electrons. The van der Waals surface area contributed by atoms with Gasteiger partial charge in [-0.25, -0.2) is 0 Å². The topological polar surface area (TPSA) is 80.7 Å². The number of ether oxygens (including phenoxy) is 1. The number of hydrogen-bond acceptors (Lipinski definition) is 4. The van der Waals surface area contributed by atoms with Gasteiger partial charge in [0.15, 0.2) is 0 Å². The van der Waals surface area contributed by atoms with Crippen molar-refractivity contribution >= 4 is 17.7 Å². The summed E-state index contributed by atoms with van der Waals surface area (Å²) >= 11 is 0. The van der Waals surface area contributed by atoms with Gasteiger partial charge in [-0.05, 0) is 90.8 Å². The molecule has 5 rings (SSSR count). The number of carboxylic acids is 1. The summed E-state index contributed by atoms with van der Waals surface area (Å²) in [4.78, 5) is 39.3. The monoisotopic (exact) mass is 554 g/mol. The van der Waals surface area contributed by atoms with Crippen LogP contribution in [0.15, 0.2) is 11.6 Å². The number of ketones is 1. The molecule has 0 bridgehead atoms. The number of Topliss-reactive ketones (excluding diaryl/α,β-unsaturated/α-hetero) is 1. The molecule has 0 spiro atoms. The second-order valence-corrected chi connectivity index (χ2v) is 17.0. The molecule has 5 heteroatoms. The quantitative estimate of drug-likeness (QED) is 0.281. The van der Waals surface area contributed by atoms with Crippen molar-refractivity contribution in [2.75, 3.05) is 0 Å². The van der Waals surface area contributed by atoms with Gasteiger partial charge in [0.05, 0.1) is 0 Å². The first-order chi connectivity index (χ1) is 18.3. The summed E-state index contributed by atoms with van der Waals surface area (Å²) < 4.78 is 6.16. The number of aliphatic carboxylic acids is 1. The smallest absolute Gasteiger partial charge is 0.314 e. The molecule has 0 heterocycles. The number of esters is 1. The van der Waals surface area contributed by atoms with Gasteiger partial charge in [-0.1, -0.05) is 74.0 Å². The zero-order chi connectivity index (χ0) is 29.7. The average molecular weight is 555 g/mol. The molecule has 5 nitrogen and oxygen atoms in total. The summed E-state index contributed by atoms with van der Waals surface area (Å²) in [6.45, 7) is 20.2. The third kappa shape index (κ3) is 3.94. The molecular weight excluding hydrogens is 500 g/mol. The third-order valence-corrected chi connectivity index (χ3v) is 13.6. The molecule has 8 atom stereocenters. The molecule has 5 aliphatic rings. The molecule has 0 aromatic heterocycles. The molecule has 5 aliphatic carbocycles. The lowest BCUT2D eigenvalue weighted by molar-refractivity contribution is -0.207. The number of carbonyl (C=O) groups excluding carboxylic acids is 2. The summed E-state index contributed by atoms with van der Waals surface area (Å²) in [5.41, 5.74) is -0.140. The number of carboxylic acid groups (broad SMARTS) is 1. The van der Waals surface area contributed by atoms with Gasteiger partial charge in [0.2, 0.25) is 0 Å². The fourth-order valence-electron chi connectivity index (χ4n) is 11.3. The second-order valence-electron chi connectivity index (χ2n) is 17.0. The van der Waals surface area contributed by atoms with E-state index in [2.05, 4.69) is 54.5 Å². The van der Waals surface area contributed by atoms with Gasteiger partial charge >= 0.3 is 11.9 Å². The predicted octanol–water partition coefficient (Wildman–Crippen LogP) is 8.01. The van der Waals surface area contributed by atoms with E-state index in [1.54, 1.807) is 0 Å². The average Bonchev–Trinajstić information content (AvgIpc) is 2.81. The fourth-order valence-corrected chi connectivity index (χ4v) is 11.3. The zero-order valence-electron chi connectivity index (χ0n) is 26.6. The molecule has 0 aromatic carbocycles. The summed E-state index contributed by atoms with van der Waals surface area (Å²) in [5, 5.41) is 11.0. The molecule has 0 radical (unpaired) electrons. The van der Waals surface area contributed by atoms with E-state index in [4.69, 9.17) is 4.74 Å². The highest BCUT2D eigenvalue weighted by atomic mass is 16.5. The Hall–Kier alpha value is -1.65. The van der Waals surface area contributed by atoms with Crippen molar-refractivity contribution in [3.8, 4) is 0 Å². The normalized spacial score (nSPS) is 45.4. The first-order valence-corrected chi connectivity index (χ1v) is 16.0. The summed E-state index contributed by atoms with van der Waals surface area (Å²) in [6, 6.07) is 0. The van der Waals surface area contributed by atoms with Gasteiger partial charge in [0, 0.05) is 24.2 Å². The van der Waals surface area contributed by atoms with Crippen LogP contribution < -0.4 is 0 Å². The van der Waals surface area contributed by atoms with Gasteiger partial charge < -0.3 is 9.84 Å². The predicted molar refractivity (Wildman–Crippen MR) is 156 cm³/mol. The number of allylic oxidation sites excluding steroid dienone is 2. The second kappa shape index (κ2) is 9.17. The van der Waals surface area contributed by atoms with Gasteiger partial charge in [0.1, 0.15) is 17.3 Å². The van der Waals surface area contributed by atoms with Crippen LogP contribution in [0.4, 0.5) is 0 Å². The van der Waals surface area contributed by atoms with Crippen LogP contribution in [0.5, 0.6) is 0 Å². The minimum absolute atomic E-state index is 0.0366. The van der Waals surface area contributed by atoms with E-state index in [0.717, 1.165) is 38.5 Å². The highest BCUT2D eigenvalue weighted by Gasteiger charge is 2.71. The SMILES string of the molecule is CC(C)CC(=O)OC1CC(C)(C)CC2C3=CCC4C5(C)CCC(=O)C(C)(C)C5CCC4(C)C3(C)CCC12C(=O)O. The molecule has 0 saturated heterocycles. The molecule has 0 amide bonds.